The van der Waals surface area contributed by atoms with E-state index >= 15 is 0 Å². The van der Waals surface area contributed by atoms with Crippen molar-refractivity contribution in [1.82, 2.24) is 15.6 Å². The number of benzene rings is 1. The van der Waals surface area contributed by atoms with Crippen molar-refractivity contribution < 1.29 is 9.53 Å². The Balaban J connectivity index is 0.00000225. The Morgan fingerprint density at radius 2 is 2.20 bits per heavy atom. The zero-order valence-electron chi connectivity index (χ0n) is 14.3. The molecule has 2 N–H and O–H groups in total. The molecule has 2 heterocycles. The number of nitrogens with one attached hydrogen (secondary N) is 2. The molecule has 7 heteroatoms. The quantitative estimate of drug-likeness (QED) is 0.803. The van der Waals surface area contributed by atoms with Gasteiger partial charge in [0.25, 0.3) is 5.91 Å². The predicted octanol–water partition coefficient (Wildman–Crippen LogP) is 3.50. The lowest BCUT2D eigenvalue weighted by atomic mass is 10.1. The first-order valence-electron chi connectivity index (χ1n) is 8.46. The number of halogens is 1. The van der Waals surface area contributed by atoms with Gasteiger partial charge < -0.3 is 15.4 Å². The molecule has 0 aliphatic carbocycles. The van der Waals surface area contributed by atoms with E-state index in [1.807, 2.05) is 29.6 Å². The first kappa shape index (κ1) is 19.7. The zero-order valence-corrected chi connectivity index (χ0v) is 15.9. The van der Waals surface area contributed by atoms with E-state index in [1.54, 1.807) is 0 Å². The highest BCUT2D eigenvalue weighted by Gasteiger charge is 2.18. The van der Waals surface area contributed by atoms with Crippen molar-refractivity contribution in [2.75, 3.05) is 19.7 Å². The lowest BCUT2D eigenvalue weighted by molar-refractivity contribution is 0.0926. The molecule has 1 aliphatic rings. The smallest absolute Gasteiger partial charge is 0.271 e. The van der Waals surface area contributed by atoms with Gasteiger partial charge >= 0.3 is 0 Å². The van der Waals surface area contributed by atoms with Crippen LogP contribution in [0.2, 0.25) is 0 Å². The molecule has 2 aromatic rings. The molecule has 25 heavy (non-hydrogen) atoms. The van der Waals surface area contributed by atoms with E-state index in [4.69, 9.17) is 4.74 Å². The molecule has 0 radical (unpaired) electrons. The van der Waals surface area contributed by atoms with Gasteiger partial charge in [-0.15, -0.1) is 23.7 Å². The summed E-state index contributed by atoms with van der Waals surface area (Å²) in [5, 5.41) is 9.03. The van der Waals surface area contributed by atoms with Crippen molar-refractivity contribution in [3.05, 3.63) is 35.3 Å². The van der Waals surface area contributed by atoms with E-state index in [1.165, 1.54) is 11.3 Å². The number of carbonyl (C=O) groups excluding carboxylic acids is 1. The molecule has 1 amide bonds. The van der Waals surface area contributed by atoms with Crippen LogP contribution in [0.15, 0.2) is 29.6 Å². The lowest BCUT2D eigenvalue weighted by Crippen LogP contribution is -2.45. The second kappa shape index (κ2) is 9.75. The maximum absolute atomic E-state index is 12.3. The van der Waals surface area contributed by atoms with Gasteiger partial charge in [0.1, 0.15) is 16.5 Å². The van der Waals surface area contributed by atoms with E-state index in [0.29, 0.717) is 5.69 Å². The number of thiazole rings is 1. The molecule has 0 saturated carbocycles. The van der Waals surface area contributed by atoms with Crippen molar-refractivity contribution >= 4 is 29.7 Å². The number of piperidine rings is 1. The van der Waals surface area contributed by atoms with Gasteiger partial charge in [0.15, 0.2) is 0 Å². The van der Waals surface area contributed by atoms with Crippen molar-refractivity contribution in [2.45, 2.75) is 32.2 Å². The summed E-state index contributed by atoms with van der Waals surface area (Å²) in [5.74, 6) is 0.772. The topological polar surface area (TPSA) is 63.2 Å². The Hall–Kier alpha value is -1.63. The summed E-state index contributed by atoms with van der Waals surface area (Å²) in [5.41, 5.74) is 1.49. The highest BCUT2D eigenvalue weighted by molar-refractivity contribution is 7.13. The first-order chi connectivity index (χ1) is 11.8. The molecular formula is C18H24ClN3O2S. The molecule has 3 rings (SSSR count). The van der Waals surface area contributed by atoms with Gasteiger partial charge in [0.05, 0.1) is 6.61 Å². The summed E-state index contributed by atoms with van der Waals surface area (Å²) in [7, 11) is 0. The van der Waals surface area contributed by atoms with Crippen LogP contribution in [-0.2, 0) is 0 Å². The average molecular weight is 382 g/mol. The summed E-state index contributed by atoms with van der Waals surface area (Å²) in [6.45, 7) is 4.67. The fraction of sp³-hybridized carbons (Fsp3) is 0.444. The highest BCUT2D eigenvalue weighted by Crippen LogP contribution is 2.26. The Bertz CT molecular complexity index is 669. The normalized spacial score (nSPS) is 16.8. The van der Waals surface area contributed by atoms with Crippen LogP contribution in [-0.4, -0.2) is 36.6 Å². The number of nitrogens with zero attached hydrogens (tertiary/aromatic N) is 1. The van der Waals surface area contributed by atoms with Gasteiger partial charge in [-0.25, -0.2) is 4.98 Å². The molecule has 1 atom stereocenters. The van der Waals surface area contributed by atoms with Gasteiger partial charge in [-0.05, 0) is 50.1 Å². The lowest BCUT2D eigenvalue weighted by Gasteiger charge is -2.23. The van der Waals surface area contributed by atoms with Gasteiger partial charge in [-0.1, -0.05) is 6.92 Å². The van der Waals surface area contributed by atoms with Gasteiger partial charge in [0.2, 0.25) is 0 Å². The third-order valence-corrected chi connectivity index (χ3v) is 4.83. The summed E-state index contributed by atoms with van der Waals surface area (Å²) >= 11 is 1.49. The van der Waals surface area contributed by atoms with Crippen LogP contribution in [0.5, 0.6) is 5.75 Å². The molecule has 1 aromatic carbocycles. The third-order valence-electron chi connectivity index (χ3n) is 3.94. The third kappa shape index (κ3) is 5.42. The summed E-state index contributed by atoms with van der Waals surface area (Å²) in [6.07, 6.45) is 3.11. The van der Waals surface area contributed by atoms with Crippen LogP contribution in [0.4, 0.5) is 0 Å². The van der Waals surface area contributed by atoms with Crippen molar-refractivity contribution in [3.63, 3.8) is 0 Å². The van der Waals surface area contributed by atoms with E-state index in [9.17, 15) is 4.79 Å². The van der Waals surface area contributed by atoms with E-state index in [2.05, 4.69) is 22.5 Å². The Kier molecular flexibility index (Phi) is 7.68. The maximum Gasteiger partial charge on any atom is 0.271 e. The summed E-state index contributed by atoms with van der Waals surface area (Å²) < 4.78 is 5.59. The number of rotatable bonds is 6. The molecule has 1 aromatic heterocycles. The maximum atomic E-state index is 12.3. The van der Waals surface area contributed by atoms with Gasteiger partial charge in [0, 0.05) is 23.5 Å². The largest absolute Gasteiger partial charge is 0.494 e. The number of carbonyl (C=O) groups is 1. The number of ether oxygens (including phenoxy) is 1. The van der Waals surface area contributed by atoms with Crippen LogP contribution in [0.3, 0.4) is 0 Å². The summed E-state index contributed by atoms with van der Waals surface area (Å²) in [6, 6.07) is 8.05. The van der Waals surface area contributed by atoms with Crippen LogP contribution in [0.25, 0.3) is 10.6 Å². The highest BCUT2D eigenvalue weighted by atomic mass is 35.5. The van der Waals surface area contributed by atoms with Crippen molar-refractivity contribution in [2.24, 2.45) is 0 Å². The molecule has 1 saturated heterocycles. The standard InChI is InChI=1S/C18H23N3O2S.ClH/c1-2-10-23-15-7-5-13(6-8-15)18-21-16(12-24-18)17(22)20-14-4-3-9-19-11-14;/h5-8,12,14,19H,2-4,9-11H2,1H3,(H,20,22);1H. The van der Waals surface area contributed by atoms with Gasteiger partial charge in [-0.2, -0.15) is 0 Å². The van der Waals surface area contributed by atoms with Crippen molar-refractivity contribution in [1.29, 1.82) is 0 Å². The molecule has 0 bridgehead atoms. The van der Waals surface area contributed by atoms with E-state index in [-0.39, 0.29) is 24.4 Å². The molecule has 1 fully saturated rings. The second-order valence-electron chi connectivity index (χ2n) is 5.93. The number of aromatic nitrogens is 1. The fourth-order valence-electron chi connectivity index (χ4n) is 2.66. The number of hydrogen-bond donors (Lipinski definition) is 2. The fourth-order valence-corrected chi connectivity index (χ4v) is 3.46. The van der Waals surface area contributed by atoms with Crippen molar-refractivity contribution in [3.8, 4) is 16.3 Å². The second-order valence-corrected chi connectivity index (χ2v) is 6.79. The molecule has 136 valence electrons. The average Bonchev–Trinajstić information content (AvgIpc) is 3.11. The SMILES string of the molecule is CCCOc1ccc(-c2nc(C(=O)NC3CCCNC3)cs2)cc1.Cl. The Morgan fingerprint density at radius 3 is 2.88 bits per heavy atom. The van der Waals surface area contributed by atoms with Crippen LogP contribution in [0, 0.1) is 0 Å². The number of hydrogen-bond acceptors (Lipinski definition) is 5. The summed E-state index contributed by atoms with van der Waals surface area (Å²) in [4.78, 5) is 16.8. The monoisotopic (exact) mass is 381 g/mol. The molecule has 1 aliphatic heterocycles. The Morgan fingerprint density at radius 1 is 1.40 bits per heavy atom. The predicted molar refractivity (Wildman–Crippen MR) is 104 cm³/mol. The van der Waals surface area contributed by atoms with E-state index < -0.39 is 0 Å². The number of amides is 1. The molecule has 0 spiro atoms. The Labute approximate surface area is 158 Å². The molecule has 5 nitrogen and oxygen atoms in total. The van der Waals surface area contributed by atoms with Crippen LogP contribution < -0.4 is 15.4 Å². The minimum atomic E-state index is -0.0888. The van der Waals surface area contributed by atoms with Crippen LogP contribution >= 0.6 is 23.7 Å². The van der Waals surface area contributed by atoms with E-state index in [0.717, 1.165) is 55.3 Å². The zero-order chi connectivity index (χ0) is 16.8. The minimum absolute atomic E-state index is 0. The van der Waals surface area contributed by atoms with Gasteiger partial charge in [-0.3, -0.25) is 4.79 Å². The molecule has 1 unspecified atom stereocenters. The molecular weight excluding hydrogens is 358 g/mol. The minimum Gasteiger partial charge on any atom is -0.494 e. The van der Waals surface area contributed by atoms with Crippen LogP contribution in [0.1, 0.15) is 36.7 Å². The first-order valence-corrected chi connectivity index (χ1v) is 9.34.